The van der Waals surface area contributed by atoms with Gasteiger partial charge in [-0.25, -0.2) is 24.6 Å². The number of hydrogen-bond donors (Lipinski definition) is 11. The van der Waals surface area contributed by atoms with E-state index in [0.717, 1.165) is 10.8 Å². The van der Waals surface area contributed by atoms with E-state index in [0.29, 0.717) is 13.0 Å². The van der Waals surface area contributed by atoms with Gasteiger partial charge in [-0.2, -0.15) is 4.98 Å². The van der Waals surface area contributed by atoms with Gasteiger partial charge >= 0.3 is 19.5 Å². The summed E-state index contributed by atoms with van der Waals surface area (Å²) in [7, 11) is -5.63. The summed E-state index contributed by atoms with van der Waals surface area (Å²) in [5, 5.41) is 74.9. The minimum absolute atomic E-state index is 0.0436. The van der Waals surface area contributed by atoms with E-state index in [1.807, 2.05) is 0 Å². The summed E-state index contributed by atoms with van der Waals surface area (Å²) < 4.78 is 50.4. The van der Waals surface area contributed by atoms with Gasteiger partial charge < -0.3 is 75.4 Å². The van der Waals surface area contributed by atoms with Gasteiger partial charge in [0.05, 0.1) is 65.0 Å². The number of hydrogen-bond acceptors (Lipinski definition) is 23. The SMILES string of the molecule is NOCC(=O)CCCOCCOCCOCCC(=O)NCC(=O)C[C@H]1C([C@H](O)[C@H](O)CO)O[C@](OP(=O)(O)OC[C@H]2O[C@@H](n3ccc(N)nc3=O)C(O)[C@H]2O)(C(=O)O)C[C@H]1O. The van der Waals surface area contributed by atoms with Crippen molar-refractivity contribution in [2.75, 3.05) is 71.7 Å². The molecule has 2 saturated heterocycles. The normalized spacial score (nSPS) is 27.2. The number of nitrogens with zero attached hydrogens (tertiary/aromatic N) is 2. The third-order valence-electron chi connectivity index (χ3n) is 9.24. The predicted octanol–water partition coefficient (Wildman–Crippen LogP) is -5.41. The molecule has 13 N–H and O–H groups in total. The van der Waals surface area contributed by atoms with Crippen LogP contribution in [-0.2, 0) is 61.3 Å². The Bertz CT molecular complexity index is 1690. The van der Waals surface area contributed by atoms with Gasteiger partial charge in [0.2, 0.25) is 5.91 Å². The van der Waals surface area contributed by atoms with Gasteiger partial charge in [-0.1, -0.05) is 0 Å². The van der Waals surface area contributed by atoms with Crippen molar-refractivity contribution < 1.29 is 102 Å². The molecular weight excluding hydrogens is 849 g/mol. The van der Waals surface area contributed by atoms with Crippen molar-refractivity contribution in [1.29, 1.82) is 0 Å². The molecule has 1 aromatic rings. The Kier molecular flexibility index (Phi) is 21.3. The standard InChI is InChI=1S/C33H54N5O22P/c34-24-3-5-38(32(50)37-24)30-28(47)27(46)23(58-30)17-57-61(51,52)60-33(31(48)49)13-21(42)20(29(59-33)26(45)22(43)15-39)12-19(41)14-36-25(44)4-7-54-9-11-55-10-8-53-6-1-2-18(40)16-56-35/h3,5,20-23,26-30,39,42-43,45-47H,1-2,4,6-17,35H2,(H,36,44)(H,48,49)(H,51,52)(H2,34,37,50)/t20-,21-,22-,23-,26-,27+,28?,29?,30-,33-/m1/s1. The number of carboxylic acids is 1. The van der Waals surface area contributed by atoms with Crippen LogP contribution >= 0.6 is 7.82 Å². The van der Waals surface area contributed by atoms with Crippen LogP contribution in [-0.4, -0.2) is 188 Å². The molecule has 348 valence electrons. The molecule has 1 aromatic heterocycles. The average Bonchev–Trinajstić information content (AvgIpc) is 3.48. The van der Waals surface area contributed by atoms with Gasteiger partial charge in [0.1, 0.15) is 42.9 Å². The van der Waals surface area contributed by atoms with Crippen molar-refractivity contribution in [2.45, 2.75) is 86.8 Å². The second kappa shape index (κ2) is 25.0. The molecule has 11 atom stereocenters. The zero-order valence-corrected chi connectivity index (χ0v) is 33.6. The molecule has 1 amide bonds. The molecule has 0 spiro atoms. The van der Waals surface area contributed by atoms with Crippen molar-refractivity contribution >= 4 is 37.1 Å². The number of aliphatic hydroxyl groups excluding tert-OH is 6. The molecule has 3 unspecified atom stereocenters. The average molecular weight is 904 g/mol. The minimum atomic E-state index is -5.63. The molecule has 61 heavy (non-hydrogen) atoms. The molecule has 0 bridgehead atoms. The number of nitrogens with one attached hydrogen (secondary N) is 1. The number of Topliss-reactive ketones (excluding diaryl/α,β-unsaturated/α-hetero) is 2. The molecule has 3 rings (SSSR count). The van der Waals surface area contributed by atoms with Crippen molar-refractivity contribution in [3.8, 4) is 0 Å². The first-order valence-corrected chi connectivity index (χ1v) is 20.3. The van der Waals surface area contributed by atoms with Crippen LogP contribution < -0.4 is 22.6 Å². The molecule has 2 aliphatic rings. The Hall–Kier alpha value is -3.45. The van der Waals surface area contributed by atoms with Crippen LogP contribution in [0.15, 0.2) is 17.1 Å². The summed E-state index contributed by atoms with van der Waals surface area (Å²) in [6.45, 7) is -1.77. The molecule has 0 aromatic carbocycles. The number of ketones is 2. The molecule has 0 saturated carbocycles. The first kappa shape index (κ1) is 51.9. The van der Waals surface area contributed by atoms with E-state index in [9.17, 15) is 69.2 Å². The van der Waals surface area contributed by atoms with Gasteiger partial charge in [-0.15, -0.1) is 0 Å². The number of aliphatic hydroxyl groups is 6. The summed E-state index contributed by atoms with van der Waals surface area (Å²) in [5.41, 5.74) is 4.48. The van der Waals surface area contributed by atoms with E-state index in [2.05, 4.69) is 15.1 Å². The lowest BCUT2D eigenvalue weighted by Gasteiger charge is -2.46. The number of aliphatic carboxylic acids is 1. The van der Waals surface area contributed by atoms with Gasteiger partial charge in [0.15, 0.2) is 17.8 Å². The zero-order valence-electron chi connectivity index (χ0n) is 32.7. The Labute approximate surface area is 346 Å². The number of carbonyl (C=O) groups is 4. The molecule has 0 radical (unpaired) electrons. The molecule has 2 fully saturated rings. The van der Waals surface area contributed by atoms with E-state index >= 15 is 0 Å². The Morgan fingerprint density at radius 1 is 1.02 bits per heavy atom. The second-order valence-corrected chi connectivity index (χ2v) is 15.2. The molecule has 27 nitrogen and oxygen atoms in total. The van der Waals surface area contributed by atoms with Crippen LogP contribution in [0.5, 0.6) is 0 Å². The van der Waals surface area contributed by atoms with E-state index in [4.69, 9.17) is 44.4 Å². The van der Waals surface area contributed by atoms with Crippen LogP contribution in [0.25, 0.3) is 0 Å². The third-order valence-corrected chi connectivity index (χ3v) is 10.2. The molecule has 2 aliphatic heterocycles. The van der Waals surface area contributed by atoms with Crippen LogP contribution in [0.4, 0.5) is 5.82 Å². The van der Waals surface area contributed by atoms with Crippen molar-refractivity contribution in [3.63, 3.8) is 0 Å². The van der Waals surface area contributed by atoms with Gasteiger partial charge in [-0.3, -0.25) is 28.3 Å². The highest BCUT2D eigenvalue weighted by Gasteiger charge is 2.59. The first-order chi connectivity index (χ1) is 28.8. The van der Waals surface area contributed by atoms with Crippen LogP contribution in [0.2, 0.25) is 0 Å². The highest BCUT2D eigenvalue weighted by molar-refractivity contribution is 7.47. The zero-order chi connectivity index (χ0) is 45.3. The summed E-state index contributed by atoms with van der Waals surface area (Å²) in [5.74, 6) is -3.84. The molecule has 28 heteroatoms. The third kappa shape index (κ3) is 16.0. The fourth-order valence-electron chi connectivity index (χ4n) is 6.10. The second-order valence-electron chi connectivity index (χ2n) is 13.8. The van der Waals surface area contributed by atoms with Crippen molar-refractivity contribution in [3.05, 3.63) is 22.7 Å². The maximum absolute atomic E-state index is 13.1. The van der Waals surface area contributed by atoms with E-state index in [1.165, 1.54) is 6.07 Å². The van der Waals surface area contributed by atoms with Crippen molar-refractivity contribution in [1.82, 2.24) is 14.9 Å². The highest BCUT2D eigenvalue weighted by atomic mass is 31.2. The molecular formula is C33H54N5O22P. The van der Waals surface area contributed by atoms with Crippen molar-refractivity contribution in [2.24, 2.45) is 11.8 Å². The van der Waals surface area contributed by atoms with Crippen LogP contribution in [0, 0.1) is 5.92 Å². The number of amides is 1. The lowest BCUT2D eigenvalue weighted by Crippen LogP contribution is -2.62. The van der Waals surface area contributed by atoms with Crippen LogP contribution in [0.3, 0.4) is 0 Å². The predicted molar refractivity (Wildman–Crippen MR) is 198 cm³/mol. The lowest BCUT2D eigenvalue weighted by atomic mass is 9.80. The fraction of sp³-hybridized carbons (Fsp3) is 0.758. The maximum atomic E-state index is 13.1. The Balaban J connectivity index is 1.50. The van der Waals surface area contributed by atoms with Crippen LogP contribution in [0.1, 0.15) is 38.3 Å². The number of nitrogen functional groups attached to an aromatic ring is 1. The number of phosphoric acid groups is 1. The largest absolute Gasteiger partial charge is 0.477 e. The monoisotopic (exact) mass is 903 g/mol. The summed E-state index contributed by atoms with van der Waals surface area (Å²) in [6, 6.07) is 1.19. The number of rotatable bonds is 29. The number of nitrogens with two attached hydrogens (primary N) is 2. The summed E-state index contributed by atoms with van der Waals surface area (Å²) in [6.07, 6.45) is -15.3. The number of carbonyl (C=O) groups excluding carboxylic acids is 3. The Morgan fingerprint density at radius 3 is 2.30 bits per heavy atom. The van der Waals surface area contributed by atoms with E-state index < -0.39 is 124 Å². The Morgan fingerprint density at radius 2 is 1.67 bits per heavy atom. The number of phosphoric ester groups is 1. The smallest absolute Gasteiger partial charge is 0.475 e. The highest BCUT2D eigenvalue weighted by Crippen LogP contribution is 2.52. The van der Waals surface area contributed by atoms with Gasteiger partial charge in [-0.05, 0) is 12.5 Å². The molecule has 0 aliphatic carbocycles. The van der Waals surface area contributed by atoms with E-state index in [1.54, 1.807) is 0 Å². The van der Waals surface area contributed by atoms with Gasteiger partial charge in [0.25, 0.3) is 5.79 Å². The number of aromatic nitrogens is 2. The van der Waals surface area contributed by atoms with E-state index in [-0.39, 0.29) is 64.1 Å². The first-order valence-electron chi connectivity index (χ1n) is 18.8. The minimum Gasteiger partial charge on any atom is -0.477 e. The number of carboxylic acid groups (broad SMARTS) is 1. The quantitative estimate of drug-likeness (QED) is 0.0203. The fourth-order valence-corrected chi connectivity index (χ4v) is 7.06. The topological polar surface area (TPSA) is 420 Å². The summed E-state index contributed by atoms with van der Waals surface area (Å²) >= 11 is 0. The number of anilines is 1. The summed E-state index contributed by atoms with van der Waals surface area (Å²) in [4.78, 5) is 79.6. The van der Waals surface area contributed by atoms with Gasteiger partial charge in [0, 0.05) is 44.4 Å². The maximum Gasteiger partial charge on any atom is 0.475 e. The lowest BCUT2D eigenvalue weighted by molar-refractivity contribution is -0.298. The molecule has 3 heterocycles. The number of ether oxygens (including phenoxy) is 5.